The highest BCUT2D eigenvalue weighted by atomic mass is 16.5. The molecule has 0 bridgehead atoms. The second kappa shape index (κ2) is 9.18. The van der Waals surface area contributed by atoms with E-state index < -0.39 is 5.92 Å². The number of carbonyl (C=O) groups excluding carboxylic acids is 2. The monoisotopic (exact) mass is 383 g/mol. The van der Waals surface area contributed by atoms with E-state index in [4.69, 9.17) is 9.47 Å². The van der Waals surface area contributed by atoms with E-state index in [1.165, 1.54) is 0 Å². The van der Waals surface area contributed by atoms with Crippen molar-refractivity contribution in [3.63, 3.8) is 0 Å². The van der Waals surface area contributed by atoms with Gasteiger partial charge in [0.05, 0.1) is 13.2 Å². The van der Waals surface area contributed by atoms with Gasteiger partial charge in [0.2, 0.25) is 0 Å². The van der Waals surface area contributed by atoms with Crippen molar-refractivity contribution in [2.75, 3.05) is 13.2 Å². The van der Waals surface area contributed by atoms with Gasteiger partial charge in [-0.05, 0) is 50.8 Å². The van der Waals surface area contributed by atoms with E-state index >= 15 is 0 Å². The van der Waals surface area contributed by atoms with Crippen molar-refractivity contribution in [1.82, 2.24) is 0 Å². The molecule has 5 nitrogen and oxygen atoms in total. The van der Waals surface area contributed by atoms with E-state index in [9.17, 15) is 9.59 Å². The molecule has 1 aliphatic heterocycles. The number of hydrogen-bond donors (Lipinski definition) is 0. The molecule has 0 aromatic heterocycles. The van der Waals surface area contributed by atoms with Crippen LogP contribution >= 0.6 is 0 Å². The van der Waals surface area contributed by atoms with Crippen LogP contribution in [0.3, 0.4) is 0 Å². The van der Waals surface area contributed by atoms with E-state index in [0.29, 0.717) is 25.2 Å². The van der Waals surface area contributed by atoms with Gasteiger partial charge in [-0.3, -0.25) is 14.6 Å². The van der Waals surface area contributed by atoms with Crippen LogP contribution in [0.25, 0.3) is 0 Å². The van der Waals surface area contributed by atoms with Gasteiger partial charge in [-0.1, -0.05) is 25.5 Å². The van der Waals surface area contributed by atoms with Gasteiger partial charge < -0.3 is 9.47 Å². The lowest BCUT2D eigenvalue weighted by Gasteiger charge is -2.34. The number of allylic oxidation sites excluding steroid dienone is 2. The quantitative estimate of drug-likeness (QED) is 0.509. The Hall–Kier alpha value is -2.43. The Morgan fingerprint density at radius 2 is 2.07 bits per heavy atom. The maximum atomic E-state index is 13.0. The first-order valence-electron chi connectivity index (χ1n) is 10.3. The van der Waals surface area contributed by atoms with Gasteiger partial charge >= 0.3 is 5.97 Å². The van der Waals surface area contributed by atoms with Crippen LogP contribution in [0, 0.1) is 5.92 Å². The van der Waals surface area contributed by atoms with Gasteiger partial charge in [-0.2, -0.15) is 0 Å². The highest BCUT2D eigenvalue weighted by molar-refractivity contribution is 6.08. The molecule has 0 N–H and O–H groups in total. The molecular formula is C23H29NO4. The number of rotatable bonds is 7. The summed E-state index contributed by atoms with van der Waals surface area (Å²) in [6, 6.07) is 7.70. The summed E-state index contributed by atoms with van der Waals surface area (Å²) in [6.45, 7) is 6.81. The largest absolute Gasteiger partial charge is 0.494 e. The molecule has 0 saturated carbocycles. The molecule has 28 heavy (non-hydrogen) atoms. The summed E-state index contributed by atoms with van der Waals surface area (Å²) < 4.78 is 11.2. The summed E-state index contributed by atoms with van der Waals surface area (Å²) in [5, 5.41) is 0. The number of carbonyl (C=O) groups is 2. The Balaban J connectivity index is 2.04. The number of Topliss-reactive ketones (excluding diaryl/α,β-unsaturated/α-hetero) is 1. The minimum absolute atomic E-state index is 0.0932. The third-order valence-corrected chi connectivity index (χ3v) is 5.36. The third-order valence-electron chi connectivity index (χ3n) is 5.36. The van der Waals surface area contributed by atoms with Crippen molar-refractivity contribution in [2.45, 2.75) is 58.8 Å². The fourth-order valence-electron chi connectivity index (χ4n) is 4.04. The van der Waals surface area contributed by atoms with Crippen LogP contribution in [0.1, 0.15) is 64.4 Å². The molecule has 2 atom stereocenters. The molecule has 0 spiro atoms. The highest BCUT2D eigenvalue weighted by Gasteiger charge is 2.43. The lowest BCUT2D eigenvalue weighted by atomic mass is 9.71. The summed E-state index contributed by atoms with van der Waals surface area (Å²) in [7, 11) is 0. The van der Waals surface area contributed by atoms with E-state index in [2.05, 4.69) is 11.9 Å². The van der Waals surface area contributed by atoms with Crippen LogP contribution in [-0.4, -0.2) is 30.7 Å². The Morgan fingerprint density at radius 1 is 1.25 bits per heavy atom. The number of esters is 1. The molecule has 3 rings (SSSR count). The number of unbranched alkanes of at least 4 members (excludes halogenated alkanes) is 1. The topological polar surface area (TPSA) is 65.0 Å². The molecule has 1 unspecified atom stereocenters. The maximum absolute atomic E-state index is 13.0. The average molecular weight is 383 g/mol. The summed E-state index contributed by atoms with van der Waals surface area (Å²) in [6.07, 6.45) is 3.88. The van der Waals surface area contributed by atoms with Crippen molar-refractivity contribution in [1.29, 1.82) is 0 Å². The molecule has 0 fully saturated rings. The van der Waals surface area contributed by atoms with Crippen LogP contribution in [0.2, 0.25) is 0 Å². The predicted molar refractivity (Wildman–Crippen MR) is 109 cm³/mol. The summed E-state index contributed by atoms with van der Waals surface area (Å²) in [5.41, 5.74) is 3.14. The molecule has 1 heterocycles. The highest BCUT2D eigenvalue weighted by Crippen LogP contribution is 2.44. The molecule has 0 amide bonds. The molecule has 1 aliphatic carbocycles. The van der Waals surface area contributed by atoms with Gasteiger partial charge in [0.1, 0.15) is 11.7 Å². The Bertz CT molecular complexity index is 809. The molecule has 0 saturated heterocycles. The Morgan fingerprint density at radius 3 is 2.82 bits per heavy atom. The van der Waals surface area contributed by atoms with Crippen molar-refractivity contribution < 1.29 is 19.1 Å². The minimum atomic E-state index is -0.575. The lowest BCUT2D eigenvalue weighted by molar-refractivity contribution is -0.146. The predicted octanol–water partition coefficient (Wildman–Crippen LogP) is 4.61. The first kappa shape index (κ1) is 20.3. The standard InChI is InChI=1S/C23H29NO4/c1-4-6-13-28-23(26)20-15(3)24-18-11-8-12-19(25)22(18)21(20)16-9-7-10-17(14-16)27-5-2/h7,9-10,14,20-21H,4-6,8,11-13H2,1-3H3/t20?,21-/m1/s1. The van der Waals surface area contributed by atoms with Crippen molar-refractivity contribution >= 4 is 17.5 Å². The summed E-state index contributed by atoms with van der Waals surface area (Å²) >= 11 is 0. The van der Waals surface area contributed by atoms with Crippen molar-refractivity contribution in [3.8, 4) is 5.75 Å². The Labute approximate surface area is 166 Å². The lowest BCUT2D eigenvalue weighted by Crippen LogP contribution is -2.37. The van der Waals surface area contributed by atoms with Gasteiger partial charge in [0.15, 0.2) is 5.78 Å². The zero-order valence-electron chi connectivity index (χ0n) is 17.0. The fraction of sp³-hybridized carbons (Fsp3) is 0.522. The first-order chi connectivity index (χ1) is 13.6. The van der Waals surface area contributed by atoms with Crippen molar-refractivity contribution in [3.05, 3.63) is 41.1 Å². The number of benzene rings is 1. The average Bonchev–Trinajstić information content (AvgIpc) is 2.67. The molecule has 150 valence electrons. The molecular weight excluding hydrogens is 354 g/mol. The molecule has 1 aromatic carbocycles. The van der Waals surface area contributed by atoms with Crippen LogP contribution in [0.15, 0.2) is 40.5 Å². The van der Waals surface area contributed by atoms with E-state index in [-0.39, 0.29) is 17.7 Å². The SMILES string of the molecule is CCCCOC(=O)C1C(C)=NC2=C(C(=O)CCC2)[C@@H]1c1cccc(OCC)c1. The fourth-order valence-corrected chi connectivity index (χ4v) is 4.04. The number of ether oxygens (including phenoxy) is 2. The smallest absolute Gasteiger partial charge is 0.315 e. The van der Waals surface area contributed by atoms with Crippen LogP contribution in [0.4, 0.5) is 0 Å². The zero-order valence-corrected chi connectivity index (χ0v) is 17.0. The van der Waals surface area contributed by atoms with E-state index in [1.807, 2.05) is 38.1 Å². The second-order valence-electron chi connectivity index (χ2n) is 7.37. The third kappa shape index (κ3) is 4.18. The van der Waals surface area contributed by atoms with Gasteiger partial charge in [0, 0.05) is 29.3 Å². The summed E-state index contributed by atoms with van der Waals surface area (Å²) in [4.78, 5) is 30.5. The minimum Gasteiger partial charge on any atom is -0.494 e. The van der Waals surface area contributed by atoms with Gasteiger partial charge in [0.25, 0.3) is 0 Å². The van der Waals surface area contributed by atoms with Crippen LogP contribution in [-0.2, 0) is 14.3 Å². The normalized spacial score (nSPS) is 21.8. The molecule has 0 radical (unpaired) electrons. The second-order valence-corrected chi connectivity index (χ2v) is 7.37. The Kier molecular flexibility index (Phi) is 6.65. The van der Waals surface area contributed by atoms with Gasteiger partial charge in [-0.15, -0.1) is 0 Å². The zero-order chi connectivity index (χ0) is 20.1. The first-order valence-corrected chi connectivity index (χ1v) is 10.3. The molecule has 5 heteroatoms. The maximum Gasteiger partial charge on any atom is 0.315 e. The van der Waals surface area contributed by atoms with Gasteiger partial charge in [-0.25, -0.2) is 0 Å². The number of ketones is 1. The van der Waals surface area contributed by atoms with Crippen LogP contribution < -0.4 is 4.74 Å². The number of aliphatic imine (C=N–C) groups is 1. The van der Waals surface area contributed by atoms with Crippen LogP contribution in [0.5, 0.6) is 5.75 Å². The number of hydrogen-bond acceptors (Lipinski definition) is 5. The molecule has 2 aliphatic rings. The molecule has 1 aromatic rings. The van der Waals surface area contributed by atoms with E-state index in [1.54, 1.807) is 0 Å². The summed E-state index contributed by atoms with van der Waals surface area (Å²) in [5.74, 6) is -0.407. The van der Waals surface area contributed by atoms with E-state index in [0.717, 1.165) is 48.4 Å². The number of nitrogens with zero attached hydrogens (tertiary/aromatic N) is 1. The van der Waals surface area contributed by atoms with Crippen molar-refractivity contribution in [2.24, 2.45) is 10.9 Å².